The molecule has 1 saturated heterocycles. The van der Waals surface area contributed by atoms with Gasteiger partial charge in [-0.15, -0.1) is 0 Å². The first kappa shape index (κ1) is 23.1. The van der Waals surface area contributed by atoms with E-state index < -0.39 is 0 Å². The number of unbranched alkanes of at least 4 members (excludes halogenated alkanes) is 1. The number of quaternary nitrogens is 1. The number of rotatable bonds is 10. The summed E-state index contributed by atoms with van der Waals surface area (Å²) < 4.78 is 11.6. The number of nitrogens with zero attached hydrogens (tertiary/aromatic N) is 1. The van der Waals surface area contributed by atoms with E-state index in [0.717, 1.165) is 68.9 Å². The number of methoxy groups -OCH3 is 1. The summed E-state index contributed by atoms with van der Waals surface area (Å²) in [5, 5.41) is 0. The molecule has 2 aromatic carbocycles. The van der Waals surface area contributed by atoms with Gasteiger partial charge in [0.15, 0.2) is 11.5 Å². The molecular weight excluding hydrogens is 388 g/mol. The summed E-state index contributed by atoms with van der Waals surface area (Å²) in [5.74, 6) is 2.06. The summed E-state index contributed by atoms with van der Waals surface area (Å²) in [7, 11) is 3.64. The molecule has 5 nitrogen and oxygen atoms in total. The Kier molecular flexibility index (Phi) is 8.77. The van der Waals surface area contributed by atoms with E-state index in [-0.39, 0.29) is 5.92 Å². The summed E-state index contributed by atoms with van der Waals surface area (Å²) in [6, 6.07) is 16.4. The molecule has 0 atom stereocenters. The lowest BCUT2D eigenvalue weighted by Crippen LogP contribution is -3.11. The third kappa shape index (κ3) is 6.73. The van der Waals surface area contributed by atoms with Gasteiger partial charge in [-0.05, 0) is 30.2 Å². The molecule has 1 aliphatic rings. The molecule has 1 heterocycles. The van der Waals surface area contributed by atoms with Gasteiger partial charge in [-0.25, -0.2) is 0 Å². The van der Waals surface area contributed by atoms with Crippen molar-refractivity contribution in [2.45, 2.75) is 45.8 Å². The highest BCUT2D eigenvalue weighted by atomic mass is 16.5. The molecule has 168 valence electrons. The van der Waals surface area contributed by atoms with Crippen LogP contribution < -0.4 is 14.4 Å². The van der Waals surface area contributed by atoms with Gasteiger partial charge in [-0.1, -0.05) is 43.7 Å². The maximum atomic E-state index is 12.6. The van der Waals surface area contributed by atoms with Crippen LogP contribution >= 0.6 is 0 Å². The second-order valence-electron chi connectivity index (χ2n) is 8.57. The molecule has 0 spiro atoms. The van der Waals surface area contributed by atoms with E-state index in [4.69, 9.17) is 9.47 Å². The van der Waals surface area contributed by atoms with Crippen molar-refractivity contribution in [2.75, 3.05) is 33.8 Å². The number of amides is 1. The Morgan fingerprint density at radius 3 is 2.48 bits per heavy atom. The third-order valence-corrected chi connectivity index (χ3v) is 6.18. The minimum Gasteiger partial charge on any atom is -0.493 e. The second-order valence-corrected chi connectivity index (χ2v) is 8.57. The maximum absolute atomic E-state index is 12.6. The number of likely N-dealkylation sites (tertiary alicyclic amines) is 1. The normalized spacial score (nSPS) is 18.4. The molecule has 0 bridgehead atoms. The zero-order valence-corrected chi connectivity index (χ0v) is 19.2. The highest BCUT2D eigenvalue weighted by Crippen LogP contribution is 2.28. The maximum Gasteiger partial charge on any atom is 0.225 e. The fourth-order valence-corrected chi connectivity index (χ4v) is 4.23. The van der Waals surface area contributed by atoms with Crippen LogP contribution in [0.15, 0.2) is 48.5 Å². The lowest BCUT2D eigenvalue weighted by atomic mass is 9.95. The van der Waals surface area contributed by atoms with Gasteiger partial charge >= 0.3 is 0 Å². The number of piperidine rings is 1. The lowest BCUT2D eigenvalue weighted by molar-refractivity contribution is -0.919. The van der Waals surface area contributed by atoms with E-state index in [1.54, 1.807) is 7.11 Å². The highest BCUT2D eigenvalue weighted by molar-refractivity contribution is 5.78. The Hall–Kier alpha value is -2.53. The smallest absolute Gasteiger partial charge is 0.225 e. The molecule has 1 N–H and O–H groups in total. The third-order valence-electron chi connectivity index (χ3n) is 6.18. The molecule has 0 radical (unpaired) electrons. The second kappa shape index (κ2) is 11.8. The molecule has 1 aliphatic heterocycles. The van der Waals surface area contributed by atoms with Crippen LogP contribution in [0.2, 0.25) is 0 Å². The molecule has 0 unspecified atom stereocenters. The average molecular weight is 426 g/mol. The van der Waals surface area contributed by atoms with Crippen LogP contribution in [0, 0.1) is 5.92 Å². The van der Waals surface area contributed by atoms with Gasteiger partial charge in [0.05, 0.1) is 20.2 Å². The Balaban J connectivity index is 1.51. The van der Waals surface area contributed by atoms with Crippen molar-refractivity contribution in [1.29, 1.82) is 0 Å². The molecular formula is C26H37N2O3+. The predicted octanol–water partition coefficient (Wildman–Crippen LogP) is 3.33. The number of nitrogens with one attached hydrogen (secondary N) is 1. The summed E-state index contributed by atoms with van der Waals surface area (Å²) in [6.07, 6.45) is 4.15. The average Bonchev–Trinajstić information content (AvgIpc) is 2.82. The summed E-state index contributed by atoms with van der Waals surface area (Å²) in [4.78, 5) is 16.1. The van der Waals surface area contributed by atoms with Gasteiger partial charge in [0.1, 0.15) is 13.2 Å². The van der Waals surface area contributed by atoms with Gasteiger partial charge in [0.2, 0.25) is 5.91 Å². The number of carbonyl (C=O) groups excluding carboxylic acids is 1. The minimum absolute atomic E-state index is 0.189. The standard InChI is InChI=1S/C26H36N2O3/c1-4-5-15-27(2)26(29)23-13-16-28(17-14-23)19-22-11-12-24(25(18-22)30-3)31-20-21-9-7-6-8-10-21/h6-12,18,23H,4-5,13-17,19-20H2,1-3H3/p+1. The van der Waals surface area contributed by atoms with Crippen LogP contribution in [0.3, 0.4) is 0 Å². The molecule has 0 aliphatic carbocycles. The van der Waals surface area contributed by atoms with Crippen molar-refractivity contribution in [1.82, 2.24) is 4.90 Å². The van der Waals surface area contributed by atoms with E-state index in [2.05, 4.69) is 31.2 Å². The molecule has 1 fully saturated rings. The summed E-state index contributed by atoms with van der Waals surface area (Å²) in [5.41, 5.74) is 2.37. The van der Waals surface area contributed by atoms with E-state index >= 15 is 0 Å². The minimum atomic E-state index is 0.189. The summed E-state index contributed by atoms with van der Waals surface area (Å²) >= 11 is 0. The summed E-state index contributed by atoms with van der Waals surface area (Å²) in [6.45, 7) is 6.58. The van der Waals surface area contributed by atoms with Crippen LogP contribution in [0.5, 0.6) is 11.5 Å². The molecule has 3 rings (SSSR count). The van der Waals surface area contributed by atoms with Crippen LogP contribution in [-0.2, 0) is 17.9 Å². The van der Waals surface area contributed by atoms with Crippen molar-refractivity contribution >= 4 is 5.91 Å². The van der Waals surface area contributed by atoms with Crippen molar-refractivity contribution in [3.63, 3.8) is 0 Å². The number of hydrogen-bond donors (Lipinski definition) is 1. The number of hydrogen-bond acceptors (Lipinski definition) is 3. The Morgan fingerprint density at radius 1 is 1.06 bits per heavy atom. The zero-order chi connectivity index (χ0) is 22.1. The van der Waals surface area contributed by atoms with Gasteiger partial charge in [-0.3, -0.25) is 4.79 Å². The molecule has 2 aromatic rings. The lowest BCUT2D eigenvalue weighted by Gasteiger charge is -2.31. The van der Waals surface area contributed by atoms with Crippen molar-refractivity contribution in [3.8, 4) is 11.5 Å². The van der Waals surface area contributed by atoms with Gasteiger partial charge in [0.25, 0.3) is 0 Å². The fourth-order valence-electron chi connectivity index (χ4n) is 4.23. The Morgan fingerprint density at radius 2 is 1.81 bits per heavy atom. The topological polar surface area (TPSA) is 43.2 Å². The highest BCUT2D eigenvalue weighted by Gasteiger charge is 2.29. The van der Waals surface area contributed by atoms with Crippen LogP contribution in [0.4, 0.5) is 0 Å². The van der Waals surface area contributed by atoms with E-state index in [0.29, 0.717) is 12.5 Å². The first-order valence-corrected chi connectivity index (χ1v) is 11.5. The molecule has 5 heteroatoms. The molecule has 0 saturated carbocycles. The number of ether oxygens (including phenoxy) is 2. The van der Waals surface area contributed by atoms with Gasteiger partial charge in [0, 0.05) is 37.9 Å². The van der Waals surface area contributed by atoms with Crippen LogP contribution in [-0.4, -0.2) is 44.6 Å². The zero-order valence-electron chi connectivity index (χ0n) is 19.2. The largest absolute Gasteiger partial charge is 0.493 e. The monoisotopic (exact) mass is 425 g/mol. The van der Waals surface area contributed by atoms with Crippen LogP contribution in [0.1, 0.15) is 43.7 Å². The van der Waals surface area contributed by atoms with E-state index in [9.17, 15) is 4.79 Å². The van der Waals surface area contributed by atoms with Crippen molar-refractivity contribution in [3.05, 3.63) is 59.7 Å². The van der Waals surface area contributed by atoms with Crippen molar-refractivity contribution in [2.24, 2.45) is 5.92 Å². The fraction of sp³-hybridized carbons (Fsp3) is 0.500. The van der Waals surface area contributed by atoms with Crippen molar-refractivity contribution < 1.29 is 19.2 Å². The first-order valence-electron chi connectivity index (χ1n) is 11.5. The molecule has 0 aromatic heterocycles. The quantitative estimate of drug-likeness (QED) is 0.635. The first-order chi connectivity index (χ1) is 15.1. The Bertz CT molecular complexity index is 817. The van der Waals surface area contributed by atoms with Gasteiger partial charge in [-0.2, -0.15) is 0 Å². The number of benzene rings is 2. The molecule has 1 amide bonds. The van der Waals surface area contributed by atoms with Gasteiger partial charge < -0.3 is 19.3 Å². The number of carbonyl (C=O) groups is 1. The SMILES string of the molecule is CCCCN(C)C(=O)C1CC[NH+](Cc2ccc(OCc3ccccc3)c(OC)c2)CC1. The predicted molar refractivity (Wildman–Crippen MR) is 123 cm³/mol. The van der Waals surface area contributed by atoms with Crippen LogP contribution in [0.25, 0.3) is 0 Å². The Labute approximate surface area is 187 Å². The van der Waals surface area contributed by atoms with E-state index in [1.165, 1.54) is 10.5 Å². The van der Waals surface area contributed by atoms with E-state index in [1.807, 2.05) is 36.2 Å². The molecule has 31 heavy (non-hydrogen) atoms.